The van der Waals surface area contributed by atoms with Gasteiger partial charge in [0.15, 0.2) is 5.82 Å². The molecule has 11 nitrogen and oxygen atoms in total. The van der Waals surface area contributed by atoms with Crippen LogP contribution in [0.1, 0.15) is 11.1 Å². The predicted octanol–water partition coefficient (Wildman–Crippen LogP) is 2.97. The second-order valence-corrected chi connectivity index (χ2v) is 6.26. The molecule has 0 saturated carbocycles. The molecule has 0 radical (unpaired) electrons. The standard InChI is InChI=1S/C20H16N6O5/c1-12-17(11-21)19(27)25(14-7-9-16(31-2)10-8-14)24-18(12)23-20(28)22-13-3-5-15(6-4-13)26(29)30/h3-10H,1-2H3,(H2,22,23,24,28). The summed E-state index contributed by atoms with van der Waals surface area (Å²) in [6.45, 7) is 1.49. The Balaban J connectivity index is 1.91. The van der Waals surface area contributed by atoms with Crippen molar-refractivity contribution < 1.29 is 14.5 Å². The van der Waals surface area contributed by atoms with Gasteiger partial charge in [-0.1, -0.05) is 0 Å². The number of nitriles is 1. The molecule has 0 bridgehead atoms. The van der Waals surface area contributed by atoms with Gasteiger partial charge in [0.2, 0.25) is 0 Å². The zero-order valence-corrected chi connectivity index (χ0v) is 16.4. The number of aromatic nitrogens is 2. The lowest BCUT2D eigenvalue weighted by molar-refractivity contribution is -0.384. The predicted molar refractivity (Wildman–Crippen MR) is 112 cm³/mol. The van der Waals surface area contributed by atoms with Crippen LogP contribution in [0.5, 0.6) is 5.75 Å². The van der Waals surface area contributed by atoms with E-state index >= 15 is 0 Å². The molecule has 2 N–H and O–H groups in total. The van der Waals surface area contributed by atoms with Crippen molar-refractivity contribution in [1.29, 1.82) is 5.26 Å². The highest BCUT2D eigenvalue weighted by Crippen LogP contribution is 2.19. The fraction of sp³-hybridized carbons (Fsp3) is 0.100. The molecule has 2 aromatic carbocycles. The summed E-state index contributed by atoms with van der Waals surface area (Å²) in [5, 5.41) is 29.3. The lowest BCUT2D eigenvalue weighted by atomic mass is 10.2. The minimum absolute atomic E-state index is 0.00591. The van der Waals surface area contributed by atoms with Gasteiger partial charge in [0, 0.05) is 23.4 Å². The van der Waals surface area contributed by atoms with Gasteiger partial charge in [-0.25, -0.2) is 4.79 Å². The molecule has 0 unspecified atom stereocenters. The largest absolute Gasteiger partial charge is 0.497 e. The third-order valence-corrected chi connectivity index (χ3v) is 4.33. The number of amides is 2. The van der Waals surface area contributed by atoms with Crippen LogP contribution in [-0.2, 0) is 0 Å². The molecule has 31 heavy (non-hydrogen) atoms. The topological polar surface area (TPSA) is 152 Å². The van der Waals surface area contributed by atoms with E-state index in [-0.39, 0.29) is 22.6 Å². The van der Waals surface area contributed by atoms with Crippen LogP contribution in [0.3, 0.4) is 0 Å². The first-order valence-electron chi connectivity index (χ1n) is 8.85. The second kappa shape index (κ2) is 8.75. The first kappa shape index (κ1) is 21.0. The molecule has 3 aromatic rings. The van der Waals surface area contributed by atoms with Crippen molar-refractivity contribution in [2.24, 2.45) is 0 Å². The third-order valence-electron chi connectivity index (χ3n) is 4.33. The van der Waals surface area contributed by atoms with Crippen LogP contribution in [0.4, 0.5) is 22.0 Å². The fourth-order valence-corrected chi connectivity index (χ4v) is 2.69. The maximum absolute atomic E-state index is 12.7. The molecule has 3 rings (SSSR count). The first-order valence-corrected chi connectivity index (χ1v) is 8.85. The van der Waals surface area contributed by atoms with E-state index in [2.05, 4.69) is 15.7 Å². The van der Waals surface area contributed by atoms with E-state index in [0.29, 0.717) is 17.1 Å². The maximum Gasteiger partial charge on any atom is 0.324 e. The number of methoxy groups -OCH3 is 1. The van der Waals surface area contributed by atoms with Gasteiger partial charge in [-0.05, 0) is 43.3 Å². The van der Waals surface area contributed by atoms with Crippen LogP contribution >= 0.6 is 0 Å². The normalized spacial score (nSPS) is 10.1. The van der Waals surface area contributed by atoms with E-state index in [1.165, 1.54) is 38.3 Å². The number of hydrogen-bond acceptors (Lipinski definition) is 7. The molecule has 1 heterocycles. The van der Waals surface area contributed by atoms with Gasteiger partial charge >= 0.3 is 6.03 Å². The molecule has 0 aliphatic rings. The van der Waals surface area contributed by atoms with Crippen LogP contribution < -0.4 is 20.9 Å². The van der Waals surface area contributed by atoms with Crippen molar-refractivity contribution in [3.63, 3.8) is 0 Å². The van der Waals surface area contributed by atoms with Crippen molar-refractivity contribution in [3.8, 4) is 17.5 Å². The molecule has 1 aromatic heterocycles. The Bertz CT molecular complexity index is 1240. The van der Waals surface area contributed by atoms with Crippen LogP contribution in [0.2, 0.25) is 0 Å². The Morgan fingerprint density at radius 1 is 1.16 bits per heavy atom. The van der Waals surface area contributed by atoms with Gasteiger partial charge < -0.3 is 10.1 Å². The molecule has 11 heteroatoms. The van der Waals surface area contributed by atoms with Gasteiger partial charge in [-0.15, -0.1) is 5.10 Å². The van der Waals surface area contributed by atoms with Gasteiger partial charge in [0.25, 0.3) is 11.2 Å². The van der Waals surface area contributed by atoms with Crippen molar-refractivity contribution >= 4 is 23.2 Å². The Morgan fingerprint density at radius 3 is 2.35 bits per heavy atom. The quantitative estimate of drug-likeness (QED) is 0.475. The highest BCUT2D eigenvalue weighted by Gasteiger charge is 2.17. The average molecular weight is 420 g/mol. The third kappa shape index (κ3) is 4.48. The van der Waals surface area contributed by atoms with Gasteiger partial charge in [-0.2, -0.15) is 9.94 Å². The smallest absolute Gasteiger partial charge is 0.324 e. The zero-order valence-electron chi connectivity index (χ0n) is 16.4. The number of non-ortho nitro benzene ring substituents is 1. The Labute approximate surface area is 175 Å². The number of nitro benzene ring substituents is 1. The van der Waals surface area contributed by atoms with Crippen LogP contribution in [-0.4, -0.2) is 27.8 Å². The summed E-state index contributed by atoms with van der Waals surface area (Å²) in [6, 6.07) is 12.8. The molecule has 0 aliphatic carbocycles. The van der Waals surface area contributed by atoms with Crippen molar-refractivity contribution in [3.05, 3.63) is 80.1 Å². The number of nitrogens with one attached hydrogen (secondary N) is 2. The Morgan fingerprint density at radius 2 is 1.81 bits per heavy atom. The highest BCUT2D eigenvalue weighted by molar-refractivity contribution is 5.99. The van der Waals surface area contributed by atoms with Gasteiger partial charge in [-0.3, -0.25) is 20.2 Å². The molecule has 156 valence electrons. The average Bonchev–Trinajstić information content (AvgIpc) is 2.76. The fourth-order valence-electron chi connectivity index (χ4n) is 2.69. The lowest BCUT2D eigenvalue weighted by Crippen LogP contribution is -2.29. The van der Waals surface area contributed by atoms with Crippen molar-refractivity contribution in [1.82, 2.24) is 9.78 Å². The maximum atomic E-state index is 12.7. The minimum Gasteiger partial charge on any atom is -0.497 e. The first-order chi connectivity index (χ1) is 14.8. The summed E-state index contributed by atoms with van der Waals surface area (Å²) in [5.74, 6) is 0.580. The molecule has 0 fully saturated rings. The molecule has 0 spiro atoms. The van der Waals surface area contributed by atoms with E-state index in [4.69, 9.17) is 4.74 Å². The van der Waals surface area contributed by atoms with Crippen molar-refractivity contribution in [2.75, 3.05) is 17.7 Å². The number of nitro groups is 1. The van der Waals surface area contributed by atoms with E-state index in [1.54, 1.807) is 24.3 Å². The second-order valence-electron chi connectivity index (χ2n) is 6.26. The van der Waals surface area contributed by atoms with Crippen LogP contribution in [0.25, 0.3) is 5.69 Å². The molecule has 0 aliphatic heterocycles. The number of ether oxygens (including phenoxy) is 1. The Hall–Kier alpha value is -4.72. The summed E-state index contributed by atoms with van der Waals surface area (Å²) in [5.41, 5.74) is -0.0291. The van der Waals surface area contributed by atoms with Crippen LogP contribution in [0, 0.1) is 28.4 Å². The van der Waals surface area contributed by atoms with E-state index in [9.17, 15) is 25.0 Å². The number of nitrogens with zero attached hydrogens (tertiary/aromatic N) is 4. The summed E-state index contributed by atoms with van der Waals surface area (Å²) in [7, 11) is 1.50. The summed E-state index contributed by atoms with van der Waals surface area (Å²) >= 11 is 0. The number of rotatable bonds is 5. The molecular formula is C20H16N6O5. The SMILES string of the molecule is COc1ccc(-n2nc(NC(=O)Nc3ccc([N+](=O)[O-])cc3)c(C)c(C#N)c2=O)cc1. The van der Waals surface area contributed by atoms with E-state index < -0.39 is 16.5 Å². The number of benzene rings is 2. The molecule has 2 amide bonds. The highest BCUT2D eigenvalue weighted by atomic mass is 16.6. The zero-order chi connectivity index (χ0) is 22.5. The number of carbonyl (C=O) groups excluding carboxylic acids is 1. The minimum atomic E-state index is -0.701. The number of anilines is 2. The van der Waals surface area contributed by atoms with Crippen LogP contribution in [0.15, 0.2) is 53.3 Å². The van der Waals surface area contributed by atoms with E-state index in [1.807, 2.05) is 6.07 Å². The lowest BCUT2D eigenvalue weighted by Gasteiger charge is -2.13. The molecule has 0 saturated heterocycles. The summed E-state index contributed by atoms with van der Waals surface area (Å²) < 4.78 is 6.10. The van der Waals surface area contributed by atoms with Gasteiger partial charge in [0.05, 0.1) is 17.7 Å². The summed E-state index contributed by atoms with van der Waals surface area (Å²) in [4.78, 5) is 35.2. The monoisotopic (exact) mass is 420 g/mol. The number of carbonyl (C=O) groups is 1. The van der Waals surface area contributed by atoms with E-state index in [0.717, 1.165) is 4.68 Å². The molecule has 0 atom stereocenters. The summed E-state index contributed by atoms with van der Waals surface area (Å²) in [6.07, 6.45) is 0. The molecular weight excluding hydrogens is 404 g/mol. The van der Waals surface area contributed by atoms with Crippen molar-refractivity contribution in [2.45, 2.75) is 6.92 Å². The number of hydrogen-bond donors (Lipinski definition) is 2. The Kier molecular flexibility index (Phi) is 5.92. The number of urea groups is 1. The van der Waals surface area contributed by atoms with Gasteiger partial charge in [0.1, 0.15) is 17.4 Å².